The highest BCUT2D eigenvalue weighted by Crippen LogP contribution is 2.38. The van der Waals surface area contributed by atoms with E-state index in [0.29, 0.717) is 10.8 Å². The summed E-state index contributed by atoms with van der Waals surface area (Å²) in [5, 5.41) is 5.04. The van der Waals surface area contributed by atoms with Crippen molar-refractivity contribution >= 4 is 69.3 Å². The highest BCUT2D eigenvalue weighted by Gasteiger charge is 2.35. The number of aromatic nitrogens is 2. The number of amides is 2. The summed E-state index contributed by atoms with van der Waals surface area (Å²) in [6, 6.07) is 16.1. The lowest BCUT2D eigenvalue weighted by Crippen LogP contribution is -2.43. The number of para-hydroxylation sites is 3. The summed E-state index contributed by atoms with van der Waals surface area (Å²) in [4.78, 5) is 19.7. The van der Waals surface area contributed by atoms with E-state index in [0.717, 1.165) is 22.8 Å². The lowest BCUT2D eigenvalue weighted by atomic mass is 10.3. The Bertz CT molecular complexity index is 833. The van der Waals surface area contributed by atoms with Crippen LogP contribution in [-0.2, 0) is 0 Å². The third kappa shape index (κ3) is 4.95. The number of imidazole rings is 1. The van der Waals surface area contributed by atoms with Gasteiger partial charge in [-0.25, -0.2) is 9.78 Å². The van der Waals surface area contributed by atoms with Gasteiger partial charge in [0.1, 0.15) is 5.37 Å². The molecule has 0 saturated heterocycles. The topological polar surface area (TPSA) is 69.8 Å². The van der Waals surface area contributed by atoms with E-state index < -0.39 is 15.2 Å². The van der Waals surface area contributed by atoms with Gasteiger partial charge in [0, 0.05) is 5.69 Å². The number of hydrogen-bond donors (Lipinski definition) is 3. The molecule has 1 aromatic heterocycles. The minimum absolute atomic E-state index is 0.480. The molecular formula is C16H13Cl3N4OS. The Labute approximate surface area is 163 Å². The first-order valence-corrected chi connectivity index (χ1v) is 9.24. The molecule has 2 aromatic carbocycles. The van der Waals surface area contributed by atoms with Crippen molar-refractivity contribution in [1.82, 2.24) is 15.3 Å². The van der Waals surface area contributed by atoms with Gasteiger partial charge in [-0.05, 0) is 24.3 Å². The lowest BCUT2D eigenvalue weighted by molar-refractivity contribution is 0.251. The number of thioether (sulfide) groups is 1. The molecule has 3 rings (SSSR count). The van der Waals surface area contributed by atoms with E-state index >= 15 is 0 Å². The average molecular weight is 416 g/mol. The number of nitrogens with one attached hydrogen (secondary N) is 3. The first-order valence-electron chi connectivity index (χ1n) is 7.22. The van der Waals surface area contributed by atoms with Gasteiger partial charge in [0.05, 0.1) is 11.0 Å². The highest BCUT2D eigenvalue weighted by atomic mass is 35.6. The number of alkyl halides is 3. The van der Waals surface area contributed by atoms with Crippen LogP contribution in [0.5, 0.6) is 0 Å². The van der Waals surface area contributed by atoms with E-state index in [1.807, 2.05) is 42.5 Å². The Balaban J connectivity index is 1.72. The Morgan fingerprint density at radius 1 is 1.08 bits per heavy atom. The number of carbonyl (C=O) groups excluding carboxylic acids is 1. The zero-order valence-electron chi connectivity index (χ0n) is 12.7. The molecular weight excluding hydrogens is 403 g/mol. The van der Waals surface area contributed by atoms with E-state index in [1.54, 1.807) is 12.1 Å². The van der Waals surface area contributed by atoms with Gasteiger partial charge in [0.25, 0.3) is 0 Å². The SMILES string of the molecule is O=C(Nc1ccccc1)N[C@H](Sc1nc2ccccc2[nH]1)C(Cl)(Cl)Cl. The van der Waals surface area contributed by atoms with Crippen molar-refractivity contribution in [3.05, 3.63) is 54.6 Å². The Kier molecular flexibility index (Phi) is 5.64. The monoisotopic (exact) mass is 414 g/mol. The fourth-order valence-electron chi connectivity index (χ4n) is 2.08. The molecule has 0 bridgehead atoms. The predicted molar refractivity (Wildman–Crippen MR) is 105 cm³/mol. The first kappa shape index (κ1) is 18.2. The lowest BCUT2D eigenvalue weighted by Gasteiger charge is -2.24. The summed E-state index contributed by atoms with van der Waals surface area (Å²) in [5.74, 6) is 0. The second-order valence-electron chi connectivity index (χ2n) is 5.06. The van der Waals surface area contributed by atoms with Crippen LogP contribution in [0.4, 0.5) is 10.5 Å². The van der Waals surface area contributed by atoms with Gasteiger partial charge in [-0.3, -0.25) is 0 Å². The Morgan fingerprint density at radius 2 is 1.76 bits per heavy atom. The van der Waals surface area contributed by atoms with E-state index in [4.69, 9.17) is 34.8 Å². The van der Waals surface area contributed by atoms with Crippen molar-refractivity contribution in [3.63, 3.8) is 0 Å². The molecule has 0 spiro atoms. The Hall–Kier alpha value is -1.60. The molecule has 5 nitrogen and oxygen atoms in total. The van der Waals surface area contributed by atoms with Gasteiger partial charge in [0.15, 0.2) is 5.16 Å². The van der Waals surface area contributed by atoms with Crippen molar-refractivity contribution < 1.29 is 4.79 Å². The minimum atomic E-state index is -1.72. The molecule has 0 fully saturated rings. The van der Waals surface area contributed by atoms with Crippen LogP contribution < -0.4 is 10.6 Å². The van der Waals surface area contributed by atoms with Crippen molar-refractivity contribution in [2.45, 2.75) is 14.3 Å². The number of carbonyl (C=O) groups is 1. The van der Waals surface area contributed by atoms with Gasteiger partial charge < -0.3 is 15.6 Å². The molecule has 3 aromatic rings. The number of H-pyrrole nitrogens is 1. The molecule has 3 N–H and O–H groups in total. The quantitative estimate of drug-likeness (QED) is 0.313. The Morgan fingerprint density at radius 3 is 2.44 bits per heavy atom. The predicted octanol–water partition coefficient (Wildman–Crippen LogP) is 5.17. The number of nitrogens with zero attached hydrogens (tertiary/aromatic N) is 1. The van der Waals surface area contributed by atoms with Crippen molar-refractivity contribution in [2.24, 2.45) is 0 Å². The minimum Gasteiger partial charge on any atom is -0.333 e. The smallest absolute Gasteiger partial charge is 0.320 e. The summed E-state index contributed by atoms with van der Waals surface area (Å²) in [6.45, 7) is 0. The molecule has 2 amide bonds. The van der Waals surface area contributed by atoms with Crippen LogP contribution in [0.1, 0.15) is 0 Å². The molecule has 0 unspecified atom stereocenters. The van der Waals surface area contributed by atoms with Gasteiger partial charge >= 0.3 is 6.03 Å². The molecule has 130 valence electrons. The van der Waals surface area contributed by atoms with Crippen molar-refractivity contribution in [3.8, 4) is 0 Å². The van der Waals surface area contributed by atoms with Crippen LogP contribution in [0.15, 0.2) is 59.8 Å². The first-order chi connectivity index (χ1) is 11.9. The normalized spacial score (nSPS) is 12.8. The summed E-state index contributed by atoms with van der Waals surface area (Å²) in [5.41, 5.74) is 2.29. The molecule has 0 aliphatic carbocycles. The molecule has 0 radical (unpaired) electrons. The standard InChI is InChI=1S/C16H13Cl3N4OS/c17-16(18,19)13(23-14(24)20-10-6-2-1-3-7-10)25-15-21-11-8-4-5-9-12(11)22-15/h1-9,13H,(H,21,22)(H2,20,23,24)/t13-/m1/s1. The fourth-order valence-corrected chi connectivity index (χ4v) is 3.49. The average Bonchev–Trinajstić information content (AvgIpc) is 2.96. The van der Waals surface area contributed by atoms with Crippen LogP contribution >= 0.6 is 46.6 Å². The number of halogens is 3. The third-order valence-corrected chi connectivity index (χ3v) is 5.35. The summed E-state index contributed by atoms with van der Waals surface area (Å²) in [7, 11) is 0. The summed E-state index contributed by atoms with van der Waals surface area (Å²) < 4.78 is -1.72. The number of hydrogen-bond acceptors (Lipinski definition) is 3. The molecule has 0 aliphatic rings. The number of fused-ring (bicyclic) bond motifs is 1. The number of urea groups is 1. The zero-order chi connectivity index (χ0) is 17.9. The zero-order valence-corrected chi connectivity index (χ0v) is 15.8. The van der Waals surface area contributed by atoms with E-state index in [9.17, 15) is 4.79 Å². The maximum absolute atomic E-state index is 12.2. The van der Waals surface area contributed by atoms with Crippen LogP contribution in [0.3, 0.4) is 0 Å². The van der Waals surface area contributed by atoms with Crippen LogP contribution in [0, 0.1) is 0 Å². The molecule has 0 aliphatic heterocycles. The van der Waals surface area contributed by atoms with Gasteiger partial charge in [-0.15, -0.1) is 0 Å². The molecule has 1 heterocycles. The highest BCUT2D eigenvalue weighted by molar-refractivity contribution is 8.00. The maximum Gasteiger partial charge on any atom is 0.320 e. The van der Waals surface area contributed by atoms with Crippen molar-refractivity contribution in [2.75, 3.05) is 5.32 Å². The third-order valence-electron chi connectivity index (χ3n) is 3.19. The van der Waals surface area contributed by atoms with Gasteiger partial charge in [-0.1, -0.05) is 76.9 Å². The molecule has 9 heteroatoms. The van der Waals surface area contributed by atoms with Crippen LogP contribution in [-0.4, -0.2) is 25.2 Å². The second kappa shape index (κ2) is 7.74. The number of anilines is 1. The summed E-state index contributed by atoms with van der Waals surface area (Å²) in [6.07, 6.45) is 0. The van der Waals surface area contributed by atoms with Gasteiger partial charge in [-0.2, -0.15) is 0 Å². The van der Waals surface area contributed by atoms with Gasteiger partial charge in [0.2, 0.25) is 3.79 Å². The second-order valence-corrected chi connectivity index (χ2v) is 8.53. The summed E-state index contributed by atoms with van der Waals surface area (Å²) >= 11 is 19.2. The fraction of sp³-hybridized carbons (Fsp3) is 0.125. The van der Waals surface area contributed by atoms with E-state index in [1.165, 1.54) is 0 Å². The maximum atomic E-state index is 12.2. The number of rotatable bonds is 4. The molecule has 0 saturated carbocycles. The van der Waals surface area contributed by atoms with Crippen molar-refractivity contribution in [1.29, 1.82) is 0 Å². The number of benzene rings is 2. The largest absolute Gasteiger partial charge is 0.333 e. The molecule has 1 atom stereocenters. The number of aromatic amines is 1. The van der Waals surface area contributed by atoms with E-state index in [2.05, 4.69) is 20.6 Å². The van der Waals surface area contributed by atoms with Crippen LogP contribution in [0.25, 0.3) is 11.0 Å². The van der Waals surface area contributed by atoms with Crippen LogP contribution in [0.2, 0.25) is 0 Å². The molecule has 25 heavy (non-hydrogen) atoms. The van der Waals surface area contributed by atoms with E-state index in [-0.39, 0.29) is 0 Å².